The lowest BCUT2D eigenvalue weighted by molar-refractivity contribution is -0.211. The Labute approximate surface area is 509 Å². The average molecular weight is 1180 g/mol. The van der Waals surface area contributed by atoms with Crippen molar-refractivity contribution in [2.75, 3.05) is 0 Å². The van der Waals surface area contributed by atoms with Crippen molar-refractivity contribution in [3.05, 3.63) is 47.1 Å². The monoisotopic (exact) mass is 1180 g/mol. The molecule has 0 amide bonds. The highest BCUT2D eigenvalue weighted by Crippen LogP contribution is 2.78. The lowest BCUT2D eigenvalue weighted by Crippen LogP contribution is -2.66. The van der Waals surface area contributed by atoms with Gasteiger partial charge in [-0.05, 0) is 209 Å². The Bertz CT molecular complexity index is 3070. The minimum atomic E-state index is -0.789. The first-order valence-electron chi connectivity index (χ1n) is 33.2. The molecule has 8 saturated carbocycles. The molecule has 16 nitrogen and oxygen atoms in total. The first kappa shape index (κ1) is 59.9. The summed E-state index contributed by atoms with van der Waals surface area (Å²) in [6.45, 7) is 31.5. The quantitative estimate of drug-likeness (QED) is 0.178. The van der Waals surface area contributed by atoms with E-state index in [9.17, 15) is 19.2 Å². The van der Waals surface area contributed by atoms with Crippen LogP contribution in [-0.2, 0) is 74.0 Å². The third-order valence-corrected chi connectivity index (χ3v) is 29.0. The van der Waals surface area contributed by atoms with Crippen LogP contribution in [-0.4, -0.2) is 77.6 Å². The molecule has 468 valence electrons. The molecule has 17 aliphatic rings. The number of esters is 4. The predicted molar refractivity (Wildman–Crippen MR) is 318 cm³/mol. The summed E-state index contributed by atoms with van der Waals surface area (Å²) in [6.07, 6.45) is 21.1. The largest absolute Gasteiger partial charge is 0.460 e. The van der Waals surface area contributed by atoms with E-state index < -0.39 is 33.6 Å². The fourth-order valence-electron chi connectivity index (χ4n) is 23.4. The second kappa shape index (κ2) is 19.3. The van der Waals surface area contributed by atoms with Crippen molar-refractivity contribution in [2.24, 2.45) is 100 Å². The third kappa shape index (κ3) is 8.41. The van der Waals surface area contributed by atoms with Gasteiger partial charge in [0.2, 0.25) is 0 Å². The summed E-state index contributed by atoms with van der Waals surface area (Å²) in [5, 5.41) is 17.3. The molecule has 9 heterocycles. The van der Waals surface area contributed by atoms with Crippen LogP contribution in [0.15, 0.2) is 35.7 Å². The Kier molecular flexibility index (Phi) is 13.4. The topological polar surface area (TPSA) is 201 Å². The minimum Gasteiger partial charge on any atom is -0.460 e. The van der Waals surface area contributed by atoms with E-state index in [0.717, 1.165) is 77.0 Å². The number of hydrogen-bond donors (Lipinski definition) is 0. The smallest absolute Gasteiger partial charge is 0.328 e. The van der Waals surface area contributed by atoms with Crippen molar-refractivity contribution in [1.29, 1.82) is 0 Å². The zero-order valence-electron chi connectivity index (χ0n) is 54.3. The average Bonchev–Trinajstić information content (AvgIpc) is 1.13. The van der Waals surface area contributed by atoms with Gasteiger partial charge in [0, 0.05) is 22.7 Å². The van der Waals surface area contributed by atoms with E-state index in [0.29, 0.717) is 49.9 Å². The van der Waals surface area contributed by atoms with Gasteiger partial charge in [0.1, 0.15) is 49.9 Å². The van der Waals surface area contributed by atoms with Gasteiger partial charge in [0.15, 0.2) is 11.6 Å². The lowest BCUT2D eigenvalue weighted by Gasteiger charge is -2.70. The molecule has 86 heavy (non-hydrogen) atoms. The van der Waals surface area contributed by atoms with Crippen LogP contribution in [0.5, 0.6) is 0 Å². The number of allylic oxidation sites excluding steroid dienone is 4. The van der Waals surface area contributed by atoms with E-state index in [1.165, 1.54) is 20.5 Å². The minimum absolute atomic E-state index is 0.0241. The van der Waals surface area contributed by atoms with Crippen LogP contribution >= 0.6 is 0 Å². The van der Waals surface area contributed by atoms with Gasteiger partial charge in [0.05, 0.1) is 23.2 Å². The molecule has 16 heteroatoms. The fourth-order valence-corrected chi connectivity index (χ4v) is 23.4. The Morgan fingerprint density at radius 1 is 0.453 bits per heavy atom. The summed E-state index contributed by atoms with van der Waals surface area (Å²) in [5.41, 5.74) is -1.12. The summed E-state index contributed by atoms with van der Waals surface area (Å²) >= 11 is 0. The first-order valence-corrected chi connectivity index (χ1v) is 33.2. The van der Waals surface area contributed by atoms with Crippen LogP contribution in [0.2, 0.25) is 0 Å². The predicted octanol–water partition coefficient (Wildman–Crippen LogP) is 12.5. The number of nitrogens with zero attached hydrogens (tertiary/aromatic N) is 6. The van der Waals surface area contributed by atoms with Gasteiger partial charge in [-0.2, -0.15) is 0 Å². The SMILES string of the molecule is CC1(C)[C@@H]2CC[C@]3(C)[C@H]4C(=O)C=C5[C@@H]6C[C@](C)(CC[C@]6(C)CC[C@@]5(C)[C@]4(C)CC[C@@H]13)C(=O)OCc1cn(nn1)CC(=O)O[C@H]1CC[C@]3(C)[C@H]4C(=O)C=C5[C@@H]6C[C@](C)(CC[C@]6(C)CC[C@@]5(C)[C@]4(C)CC[C@H]3C1(C)C)C(=O)OCc1cn(nn1)CC(=O)O2. The maximum Gasteiger partial charge on any atom is 0.328 e. The highest BCUT2D eigenvalue weighted by Gasteiger charge is 2.73. The molecule has 2 aromatic rings. The third-order valence-electron chi connectivity index (χ3n) is 29.0. The van der Waals surface area contributed by atoms with Gasteiger partial charge >= 0.3 is 23.9 Å². The normalized spacial score (nSPS) is 47.2. The summed E-state index contributed by atoms with van der Waals surface area (Å²) in [5.74, 6) is -1.15. The number of ketones is 2. The molecule has 0 radical (unpaired) electrons. The van der Waals surface area contributed by atoms with Crippen molar-refractivity contribution < 1.29 is 47.7 Å². The van der Waals surface area contributed by atoms with E-state index in [2.05, 4.69) is 104 Å². The molecule has 0 N–H and O–H groups in total. The van der Waals surface area contributed by atoms with Crippen molar-refractivity contribution in [3.63, 3.8) is 0 Å². The van der Waals surface area contributed by atoms with E-state index in [4.69, 9.17) is 18.9 Å². The van der Waals surface area contributed by atoms with Gasteiger partial charge in [-0.1, -0.05) is 105 Å². The molecule has 18 atom stereocenters. The van der Waals surface area contributed by atoms with Crippen LogP contribution in [0.3, 0.4) is 0 Å². The Morgan fingerprint density at radius 2 is 0.826 bits per heavy atom. The molecular weight excluding hydrogens is 1080 g/mol. The zero-order valence-corrected chi connectivity index (χ0v) is 54.3. The number of hydrogen-bond acceptors (Lipinski definition) is 14. The zero-order chi connectivity index (χ0) is 61.6. The standard InChI is InChI=1S/C70H98N6O10/c1-59(2)49-15-21-69(13)55-47(77)31-43-45-33-63(7,25-23-61(45,5)27-29-67(43,69)11)57(81)84-40-42-36-76(74-72-42)38-54(80)86-52-18-20-66(10)50(60(52,3)4)16-22-70(14)56(66)48(78)32-44-46-34-64(8,26-24-62(46,6)28-30-68(44,70)12)58(82)83-39-41-35-75(73-71-41)37-53(79)85-51(59)17-19-65(49,55)9/h31-32,35-36,45-46,49-52,55-56H,15-30,33-34,37-40H2,1-14H3/t45-,46-,49-,50-,51-,52-,55+,56+,61+,62+,63-,64-,65-,66-,67+,68+,69+,70+/m0/s1. The summed E-state index contributed by atoms with van der Waals surface area (Å²) < 4.78 is 28.1. The van der Waals surface area contributed by atoms with Gasteiger partial charge in [-0.25, -0.2) is 9.36 Å². The van der Waals surface area contributed by atoms with Crippen LogP contribution in [0, 0.1) is 100 Å². The number of ether oxygens (including phenoxy) is 4. The number of carbonyl (C=O) groups is 6. The van der Waals surface area contributed by atoms with Crippen LogP contribution in [0.1, 0.15) is 224 Å². The second-order valence-electron chi connectivity index (χ2n) is 34.2. The molecule has 0 aromatic carbocycles. The Morgan fingerprint density at radius 3 is 1.21 bits per heavy atom. The molecule has 0 saturated heterocycles. The molecule has 10 aliphatic carbocycles. The van der Waals surface area contributed by atoms with E-state index in [1.807, 2.05) is 26.0 Å². The molecular formula is C70H98N6O10. The van der Waals surface area contributed by atoms with Crippen LogP contribution in [0.25, 0.3) is 0 Å². The van der Waals surface area contributed by atoms with Crippen molar-refractivity contribution in [1.82, 2.24) is 30.0 Å². The molecule has 22 bridgehead atoms. The number of aromatic nitrogens is 6. The first-order chi connectivity index (χ1) is 40.1. The lowest BCUT2D eigenvalue weighted by atomic mass is 9.33. The number of carbonyl (C=O) groups excluding carboxylic acids is 6. The van der Waals surface area contributed by atoms with Crippen LogP contribution < -0.4 is 0 Å². The van der Waals surface area contributed by atoms with E-state index >= 15 is 9.59 Å². The molecule has 0 unspecified atom stereocenters. The van der Waals surface area contributed by atoms with Gasteiger partial charge < -0.3 is 18.9 Å². The van der Waals surface area contributed by atoms with Gasteiger partial charge in [-0.15, -0.1) is 10.2 Å². The van der Waals surface area contributed by atoms with Crippen molar-refractivity contribution in [2.45, 2.75) is 251 Å². The van der Waals surface area contributed by atoms with Gasteiger partial charge in [0.25, 0.3) is 0 Å². The molecule has 19 rings (SSSR count). The van der Waals surface area contributed by atoms with Gasteiger partial charge in [-0.3, -0.25) is 28.8 Å². The molecule has 2 aromatic heterocycles. The molecule has 7 aliphatic heterocycles. The van der Waals surface area contributed by atoms with Crippen LogP contribution in [0.4, 0.5) is 0 Å². The highest BCUT2D eigenvalue weighted by molar-refractivity contribution is 5.96. The number of rotatable bonds is 0. The summed E-state index contributed by atoms with van der Waals surface area (Å²) in [7, 11) is 0. The molecule has 0 spiro atoms. The maximum absolute atomic E-state index is 15.3. The Balaban J connectivity index is 0.791. The second-order valence-corrected chi connectivity index (χ2v) is 34.2. The highest BCUT2D eigenvalue weighted by atomic mass is 16.6. The Hall–Kier alpha value is -5.02. The van der Waals surface area contributed by atoms with E-state index in [-0.39, 0.29) is 141 Å². The summed E-state index contributed by atoms with van der Waals surface area (Å²) in [6, 6.07) is 0. The maximum atomic E-state index is 15.3. The fraction of sp³-hybridized carbons (Fsp3) is 0.800. The summed E-state index contributed by atoms with van der Waals surface area (Å²) in [4.78, 5) is 87.6. The van der Waals surface area contributed by atoms with E-state index in [1.54, 1.807) is 12.4 Å². The molecule has 8 fully saturated rings. The van der Waals surface area contributed by atoms with Crippen molar-refractivity contribution in [3.8, 4) is 0 Å². The van der Waals surface area contributed by atoms with Crippen molar-refractivity contribution >= 4 is 35.4 Å².